The largest absolute Gasteiger partial charge is 0.483 e. The number of hydrogen-bond acceptors (Lipinski definition) is 3. The molecule has 0 unspecified atom stereocenters. The first-order chi connectivity index (χ1) is 10.1. The van der Waals surface area contributed by atoms with Crippen LogP contribution in [0.15, 0.2) is 53.0 Å². The van der Waals surface area contributed by atoms with Crippen molar-refractivity contribution >= 4 is 27.5 Å². The number of benzene rings is 2. The number of carbonyl (C=O) groups is 1. The van der Waals surface area contributed by atoms with Gasteiger partial charge >= 0.3 is 0 Å². The molecule has 0 aromatic heterocycles. The van der Waals surface area contributed by atoms with Crippen molar-refractivity contribution in [1.29, 1.82) is 0 Å². The maximum Gasteiger partial charge on any atom is 0.262 e. The SMILES string of the molecule is C[C@@H](N)c1ccccc1OCC(=O)Nc1ccccc1Br. The van der Waals surface area contributed by atoms with E-state index in [2.05, 4.69) is 21.2 Å². The van der Waals surface area contributed by atoms with Gasteiger partial charge in [0.25, 0.3) is 5.91 Å². The number of nitrogens with two attached hydrogens (primary N) is 1. The fraction of sp³-hybridized carbons (Fsp3) is 0.188. The van der Waals surface area contributed by atoms with Crippen molar-refractivity contribution in [2.75, 3.05) is 11.9 Å². The van der Waals surface area contributed by atoms with Gasteiger partial charge in [-0.2, -0.15) is 0 Å². The molecule has 0 saturated heterocycles. The van der Waals surface area contributed by atoms with E-state index < -0.39 is 0 Å². The molecule has 0 spiro atoms. The highest BCUT2D eigenvalue weighted by Gasteiger charge is 2.10. The molecule has 21 heavy (non-hydrogen) atoms. The second kappa shape index (κ2) is 7.24. The maximum atomic E-state index is 11.9. The summed E-state index contributed by atoms with van der Waals surface area (Å²) in [6.07, 6.45) is 0. The smallest absolute Gasteiger partial charge is 0.262 e. The molecule has 0 aliphatic carbocycles. The minimum Gasteiger partial charge on any atom is -0.483 e. The molecule has 0 bridgehead atoms. The zero-order valence-corrected chi connectivity index (χ0v) is 13.3. The second-order valence-electron chi connectivity index (χ2n) is 4.64. The van der Waals surface area contributed by atoms with E-state index in [0.717, 1.165) is 10.0 Å². The molecule has 0 fully saturated rings. The molecule has 0 radical (unpaired) electrons. The third-order valence-corrected chi connectivity index (χ3v) is 3.61. The Morgan fingerprint density at radius 1 is 1.24 bits per heavy atom. The first-order valence-corrected chi connectivity index (χ1v) is 7.39. The van der Waals surface area contributed by atoms with E-state index in [0.29, 0.717) is 11.4 Å². The third kappa shape index (κ3) is 4.31. The molecule has 0 saturated carbocycles. The summed E-state index contributed by atoms with van der Waals surface area (Å²) in [5, 5.41) is 2.79. The van der Waals surface area contributed by atoms with Crippen LogP contribution in [0.4, 0.5) is 5.69 Å². The van der Waals surface area contributed by atoms with Crippen LogP contribution < -0.4 is 15.8 Å². The quantitative estimate of drug-likeness (QED) is 0.869. The summed E-state index contributed by atoms with van der Waals surface area (Å²) in [5.41, 5.74) is 7.47. The summed E-state index contributed by atoms with van der Waals surface area (Å²) in [6.45, 7) is 1.81. The summed E-state index contributed by atoms with van der Waals surface area (Å²) in [7, 11) is 0. The van der Waals surface area contributed by atoms with Gasteiger partial charge in [0.2, 0.25) is 0 Å². The molecular weight excluding hydrogens is 332 g/mol. The Labute approximate surface area is 132 Å². The van der Waals surface area contributed by atoms with Crippen molar-refractivity contribution in [2.45, 2.75) is 13.0 Å². The minimum atomic E-state index is -0.221. The molecule has 1 atom stereocenters. The number of hydrogen-bond donors (Lipinski definition) is 2. The Morgan fingerprint density at radius 2 is 1.90 bits per heavy atom. The highest BCUT2D eigenvalue weighted by Crippen LogP contribution is 2.24. The molecule has 1 amide bonds. The lowest BCUT2D eigenvalue weighted by Crippen LogP contribution is -2.21. The summed E-state index contributed by atoms with van der Waals surface area (Å²) in [4.78, 5) is 11.9. The van der Waals surface area contributed by atoms with Crippen LogP contribution in [0.1, 0.15) is 18.5 Å². The van der Waals surface area contributed by atoms with E-state index in [4.69, 9.17) is 10.5 Å². The average Bonchev–Trinajstić information content (AvgIpc) is 2.48. The molecule has 0 heterocycles. The monoisotopic (exact) mass is 348 g/mol. The molecule has 5 heteroatoms. The molecule has 3 N–H and O–H groups in total. The minimum absolute atomic E-state index is 0.0644. The van der Waals surface area contributed by atoms with Gasteiger partial charge in [0.05, 0.1) is 5.69 Å². The van der Waals surface area contributed by atoms with E-state index >= 15 is 0 Å². The van der Waals surface area contributed by atoms with Crippen molar-refractivity contribution in [3.05, 3.63) is 58.6 Å². The van der Waals surface area contributed by atoms with Crippen LogP contribution in [0.25, 0.3) is 0 Å². The van der Waals surface area contributed by atoms with Gasteiger partial charge in [-0.1, -0.05) is 30.3 Å². The molecule has 2 aromatic carbocycles. The number of carbonyl (C=O) groups excluding carboxylic acids is 1. The first-order valence-electron chi connectivity index (χ1n) is 6.59. The molecular formula is C16H17BrN2O2. The molecule has 0 aliphatic rings. The standard InChI is InChI=1S/C16H17BrN2O2/c1-11(18)12-6-2-5-9-15(12)21-10-16(20)19-14-8-4-3-7-13(14)17/h2-9,11H,10,18H2,1H3,(H,19,20)/t11-/m1/s1. The highest BCUT2D eigenvalue weighted by molar-refractivity contribution is 9.10. The van der Waals surface area contributed by atoms with Crippen LogP contribution in [0.2, 0.25) is 0 Å². The van der Waals surface area contributed by atoms with Gasteiger partial charge in [-0.25, -0.2) is 0 Å². The fourth-order valence-corrected chi connectivity index (χ4v) is 2.26. The lowest BCUT2D eigenvalue weighted by molar-refractivity contribution is -0.118. The van der Waals surface area contributed by atoms with Gasteiger partial charge in [-0.15, -0.1) is 0 Å². The van der Waals surface area contributed by atoms with Gasteiger partial charge in [0.15, 0.2) is 6.61 Å². The average molecular weight is 349 g/mol. The van der Waals surface area contributed by atoms with Crippen molar-refractivity contribution < 1.29 is 9.53 Å². The predicted molar refractivity (Wildman–Crippen MR) is 87.3 cm³/mol. The molecule has 2 aromatic rings. The van der Waals surface area contributed by atoms with Gasteiger partial charge in [0, 0.05) is 16.1 Å². The van der Waals surface area contributed by atoms with Gasteiger partial charge in [-0.3, -0.25) is 4.79 Å². The number of rotatable bonds is 5. The van der Waals surface area contributed by atoms with E-state index in [9.17, 15) is 4.79 Å². The van der Waals surface area contributed by atoms with Gasteiger partial charge < -0.3 is 15.8 Å². The van der Waals surface area contributed by atoms with Crippen LogP contribution in [0.5, 0.6) is 5.75 Å². The summed E-state index contributed by atoms with van der Waals surface area (Å²) >= 11 is 3.38. The summed E-state index contributed by atoms with van der Waals surface area (Å²) in [5.74, 6) is 0.413. The number of para-hydroxylation sites is 2. The van der Waals surface area contributed by atoms with Crippen LogP contribution in [-0.2, 0) is 4.79 Å². The van der Waals surface area contributed by atoms with E-state index in [1.807, 2.05) is 55.5 Å². The van der Waals surface area contributed by atoms with Crippen molar-refractivity contribution in [3.63, 3.8) is 0 Å². The van der Waals surface area contributed by atoms with Crippen LogP contribution in [0, 0.1) is 0 Å². The molecule has 4 nitrogen and oxygen atoms in total. The zero-order valence-electron chi connectivity index (χ0n) is 11.7. The Kier molecular flexibility index (Phi) is 5.36. The third-order valence-electron chi connectivity index (χ3n) is 2.92. The van der Waals surface area contributed by atoms with Crippen molar-refractivity contribution in [3.8, 4) is 5.75 Å². The van der Waals surface area contributed by atoms with E-state index in [1.165, 1.54) is 0 Å². The maximum absolute atomic E-state index is 11.9. The van der Waals surface area contributed by atoms with E-state index in [1.54, 1.807) is 0 Å². The lowest BCUT2D eigenvalue weighted by atomic mass is 10.1. The van der Waals surface area contributed by atoms with Crippen LogP contribution in [0.3, 0.4) is 0 Å². The number of anilines is 1. The van der Waals surface area contributed by atoms with Gasteiger partial charge in [-0.05, 0) is 41.1 Å². The normalized spacial score (nSPS) is 11.8. The fourth-order valence-electron chi connectivity index (χ4n) is 1.88. The predicted octanol–water partition coefficient (Wildman–Crippen LogP) is 3.49. The first kappa shape index (κ1) is 15.5. The second-order valence-corrected chi connectivity index (χ2v) is 5.50. The van der Waals surface area contributed by atoms with Crippen molar-refractivity contribution in [1.82, 2.24) is 0 Å². The summed E-state index contributed by atoms with van der Waals surface area (Å²) in [6, 6.07) is 14.7. The number of amides is 1. The topological polar surface area (TPSA) is 64.3 Å². The van der Waals surface area contributed by atoms with Gasteiger partial charge in [0.1, 0.15) is 5.75 Å². The Morgan fingerprint density at radius 3 is 2.62 bits per heavy atom. The van der Waals surface area contributed by atoms with Crippen molar-refractivity contribution in [2.24, 2.45) is 5.73 Å². The Bertz CT molecular complexity index is 629. The number of halogens is 1. The highest BCUT2D eigenvalue weighted by atomic mass is 79.9. The zero-order chi connectivity index (χ0) is 15.2. The van der Waals surface area contributed by atoms with Crippen LogP contribution >= 0.6 is 15.9 Å². The summed E-state index contributed by atoms with van der Waals surface area (Å²) < 4.78 is 6.39. The molecule has 110 valence electrons. The number of nitrogens with one attached hydrogen (secondary N) is 1. The Balaban J connectivity index is 1.97. The van der Waals surface area contributed by atoms with Crippen LogP contribution in [-0.4, -0.2) is 12.5 Å². The Hall–Kier alpha value is -1.85. The van der Waals surface area contributed by atoms with E-state index in [-0.39, 0.29) is 18.6 Å². The lowest BCUT2D eigenvalue weighted by Gasteiger charge is -2.14. The number of ether oxygens (including phenoxy) is 1. The molecule has 2 rings (SSSR count). The molecule has 0 aliphatic heterocycles.